The van der Waals surface area contributed by atoms with Crippen molar-refractivity contribution in [2.24, 2.45) is 11.7 Å². The Morgan fingerprint density at radius 3 is 2.31 bits per heavy atom. The van der Waals surface area contributed by atoms with E-state index < -0.39 is 67.1 Å². The minimum atomic E-state index is -3.71. The first-order valence-corrected chi connectivity index (χ1v) is 10.4. The molecule has 5 unspecified atom stereocenters. The molecule has 1 saturated heterocycles. The number of carboxylic acid groups (broad SMARTS) is 1. The van der Waals surface area contributed by atoms with Gasteiger partial charge in [-0.25, -0.2) is 13.6 Å². The third-order valence-corrected chi connectivity index (χ3v) is 4.86. The molecule has 11 nitrogen and oxygen atoms in total. The second-order valence-electron chi connectivity index (χ2n) is 7.79. The Balaban J connectivity index is 0.000000753. The Hall–Kier alpha value is -2.03. The van der Waals surface area contributed by atoms with Crippen LogP contribution in [0.2, 0.25) is 0 Å². The minimum absolute atomic E-state index is 0. The molecule has 6 N–H and O–H groups in total. The van der Waals surface area contributed by atoms with E-state index in [1.54, 1.807) is 45.2 Å². The molecule has 2 rings (SSSR count). The van der Waals surface area contributed by atoms with Gasteiger partial charge in [-0.3, -0.25) is 4.79 Å². The van der Waals surface area contributed by atoms with Crippen LogP contribution in [0.3, 0.4) is 0 Å². The predicted octanol–water partition coefficient (Wildman–Crippen LogP) is -3.40. The van der Waals surface area contributed by atoms with E-state index in [4.69, 9.17) is 15.6 Å². The number of aliphatic hydroxyl groups excluding tert-OH is 2. The van der Waals surface area contributed by atoms with Crippen LogP contribution in [-0.2, 0) is 14.3 Å². The van der Waals surface area contributed by atoms with E-state index in [1.807, 2.05) is 0 Å². The summed E-state index contributed by atoms with van der Waals surface area (Å²) in [7, 11) is 1.58. The van der Waals surface area contributed by atoms with E-state index in [2.05, 4.69) is 15.4 Å². The van der Waals surface area contributed by atoms with Gasteiger partial charge in [0.25, 0.3) is 5.85 Å². The summed E-state index contributed by atoms with van der Waals surface area (Å²) >= 11 is 0. The van der Waals surface area contributed by atoms with E-state index in [9.17, 15) is 33.4 Å². The van der Waals surface area contributed by atoms with Crippen LogP contribution in [0.15, 0.2) is 24.3 Å². The first kappa shape index (κ1) is 33.0. The first-order valence-electron chi connectivity index (χ1n) is 10.4. The Labute approximate surface area is 223 Å². The van der Waals surface area contributed by atoms with Crippen LogP contribution in [0.4, 0.5) is 19.3 Å². The van der Waals surface area contributed by atoms with Crippen LogP contribution in [0.25, 0.3) is 0 Å². The summed E-state index contributed by atoms with van der Waals surface area (Å²) in [6.45, 7) is 2.67. The maximum atomic E-state index is 14.1. The number of nitrogens with one attached hydrogen (secondary N) is 2. The van der Waals surface area contributed by atoms with Gasteiger partial charge in [0, 0.05) is 24.6 Å². The molecule has 1 aromatic rings. The molecule has 0 aliphatic carbocycles. The van der Waals surface area contributed by atoms with E-state index in [0.717, 1.165) is 5.75 Å². The third-order valence-electron chi connectivity index (χ3n) is 4.86. The number of urea groups is 1. The molecule has 35 heavy (non-hydrogen) atoms. The number of anilines is 1. The smallest absolute Gasteiger partial charge is 0.544 e. The average molecular weight is 513 g/mol. The number of carboxylic acids is 1. The fourth-order valence-electron chi connectivity index (χ4n) is 2.99. The van der Waals surface area contributed by atoms with Crippen LogP contribution >= 0.6 is 0 Å². The number of methoxy groups -OCH3 is 1. The first-order chi connectivity index (χ1) is 15.8. The molecule has 3 amide bonds. The third kappa shape index (κ3) is 9.86. The summed E-state index contributed by atoms with van der Waals surface area (Å²) in [5.41, 5.74) is 5.57. The summed E-state index contributed by atoms with van der Waals surface area (Å²) in [6, 6.07) is 5.21. The normalized spacial score (nSPS) is 24.2. The van der Waals surface area contributed by atoms with Gasteiger partial charge < -0.3 is 46.0 Å². The summed E-state index contributed by atoms with van der Waals surface area (Å²) < 4.78 is 37.4. The van der Waals surface area contributed by atoms with Gasteiger partial charge in [0.05, 0.1) is 19.3 Å². The van der Waals surface area contributed by atoms with Crippen molar-refractivity contribution in [2.75, 3.05) is 19.0 Å². The van der Waals surface area contributed by atoms with Gasteiger partial charge in [0.15, 0.2) is 6.17 Å². The molecule has 14 heteroatoms. The minimum Gasteiger partial charge on any atom is -0.544 e. The number of ether oxygens (including phenoxy) is 2. The molecule has 1 heterocycles. The van der Waals surface area contributed by atoms with Crippen molar-refractivity contribution in [3.63, 3.8) is 0 Å². The molecule has 0 bridgehead atoms. The summed E-state index contributed by atoms with van der Waals surface area (Å²) in [5, 5.41) is 34.3. The Morgan fingerprint density at radius 2 is 1.89 bits per heavy atom. The van der Waals surface area contributed by atoms with Crippen molar-refractivity contribution in [2.45, 2.75) is 57.0 Å². The number of hydrogen-bond acceptors (Lipinski definition) is 8. The Bertz CT molecular complexity index is 833. The number of carbonyl (C=O) groups excluding carboxylic acids is 3. The largest absolute Gasteiger partial charge is 1.00 e. The number of nitrogens with two attached hydrogens (primary N) is 1. The predicted molar refractivity (Wildman–Crippen MR) is 114 cm³/mol. The SMILES string of the molecule is CC(C)C(=O)NC1CC(F)C(F)(C(=O)[O-])OC1C(O)CCO.COc1ccc(NC(N)=O)cc1.[Na+]. The van der Waals surface area contributed by atoms with Gasteiger partial charge in [0.1, 0.15) is 17.8 Å². The maximum absolute atomic E-state index is 14.1. The fourth-order valence-corrected chi connectivity index (χ4v) is 2.99. The number of benzene rings is 1. The Morgan fingerprint density at radius 1 is 1.31 bits per heavy atom. The number of hydrogen-bond donors (Lipinski definition) is 5. The molecular weight excluding hydrogens is 483 g/mol. The van der Waals surface area contributed by atoms with E-state index >= 15 is 0 Å². The van der Waals surface area contributed by atoms with Crippen LogP contribution in [0.5, 0.6) is 5.75 Å². The van der Waals surface area contributed by atoms with Gasteiger partial charge in [-0.2, -0.15) is 0 Å². The van der Waals surface area contributed by atoms with Crippen LogP contribution < -0.4 is 55.8 Å². The van der Waals surface area contributed by atoms with E-state index in [-0.39, 0.29) is 36.0 Å². The number of rotatable bonds is 8. The van der Waals surface area contributed by atoms with E-state index in [0.29, 0.717) is 5.69 Å². The van der Waals surface area contributed by atoms with Crippen molar-refractivity contribution in [3.8, 4) is 5.75 Å². The van der Waals surface area contributed by atoms with Gasteiger partial charge in [-0.15, -0.1) is 0 Å². The fraction of sp³-hybridized carbons (Fsp3) is 0.571. The quantitative estimate of drug-likeness (QED) is 0.223. The van der Waals surface area contributed by atoms with Crippen LogP contribution in [0, 0.1) is 5.92 Å². The second kappa shape index (κ2) is 15.2. The van der Waals surface area contributed by atoms with Crippen molar-refractivity contribution in [1.82, 2.24) is 5.32 Å². The summed E-state index contributed by atoms with van der Waals surface area (Å²) in [6.07, 6.45) is -6.52. The van der Waals surface area contributed by atoms with Crippen molar-refractivity contribution < 1.29 is 77.5 Å². The topological polar surface area (TPSA) is 183 Å². The number of primary amides is 1. The number of carbonyl (C=O) groups is 3. The molecule has 192 valence electrons. The number of aliphatic carboxylic acids is 1. The van der Waals surface area contributed by atoms with Crippen LogP contribution in [-0.4, -0.2) is 72.1 Å². The van der Waals surface area contributed by atoms with E-state index in [1.165, 1.54) is 0 Å². The zero-order chi connectivity index (χ0) is 26.1. The maximum Gasteiger partial charge on any atom is 1.00 e. The molecule has 1 aliphatic heterocycles. The van der Waals surface area contributed by atoms with Gasteiger partial charge >= 0.3 is 35.6 Å². The molecular formula is C21H30F2N3NaO8. The molecule has 0 spiro atoms. The molecule has 0 saturated carbocycles. The molecule has 1 aliphatic rings. The van der Waals surface area contributed by atoms with Crippen LogP contribution in [0.1, 0.15) is 26.7 Å². The zero-order valence-corrected chi connectivity index (χ0v) is 22.0. The molecule has 5 atom stereocenters. The molecule has 0 aromatic heterocycles. The molecule has 1 aromatic carbocycles. The van der Waals surface area contributed by atoms with Crippen molar-refractivity contribution in [1.29, 1.82) is 0 Å². The van der Waals surface area contributed by atoms with Gasteiger partial charge in [-0.1, -0.05) is 13.8 Å². The monoisotopic (exact) mass is 513 g/mol. The number of amides is 3. The standard InChI is InChI=1S/C13H21F2NO6.C8H10N2O2.Na/c1-6(2)11(19)16-7-5-9(14)13(15,12(20)21)22-10(7)8(18)3-4-17;1-12-7-4-2-6(3-5-7)10-8(9)11;/h6-10,17-18H,3-5H2,1-2H3,(H,16,19)(H,20,21);2-5H,1H3,(H3,9,10,11);/q;;+1/p-1. The molecule has 1 fully saturated rings. The Kier molecular flexibility index (Phi) is 14.3. The zero-order valence-electron chi connectivity index (χ0n) is 20.0. The van der Waals surface area contributed by atoms with Crippen molar-refractivity contribution in [3.05, 3.63) is 24.3 Å². The van der Waals surface area contributed by atoms with Gasteiger partial charge in [0.2, 0.25) is 5.91 Å². The average Bonchev–Trinajstić information content (AvgIpc) is 2.76. The number of halogens is 2. The van der Waals surface area contributed by atoms with Crippen molar-refractivity contribution >= 4 is 23.6 Å². The second-order valence-corrected chi connectivity index (χ2v) is 7.79. The number of alkyl halides is 2. The number of aliphatic hydroxyl groups is 2. The van der Waals surface area contributed by atoms with Gasteiger partial charge in [-0.05, 0) is 30.7 Å². The summed E-state index contributed by atoms with van der Waals surface area (Å²) in [5.74, 6) is -6.30. The molecule has 0 radical (unpaired) electrons. The summed E-state index contributed by atoms with van der Waals surface area (Å²) in [4.78, 5) is 32.9.